The van der Waals surface area contributed by atoms with Crippen molar-refractivity contribution < 1.29 is 8.42 Å². The van der Waals surface area contributed by atoms with Crippen molar-refractivity contribution in [2.75, 3.05) is 44.4 Å². The van der Waals surface area contributed by atoms with Crippen molar-refractivity contribution in [3.05, 3.63) is 52.8 Å². The van der Waals surface area contributed by atoms with E-state index < -0.39 is 9.84 Å². The molecule has 0 aliphatic carbocycles. The molecular formula is C20H22N4O3S. The first-order chi connectivity index (χ1) is 13.3. The van der Waals surface area contributed by atoms with Crippen LogP contribution in [0, 0.1) is 0 Å². The maximum Gasteiger partial charge on any atom is 0.259 e. The van der Waals surface area contributed by atoms with Crippen molar-refractivity contribution in [3.63, 3.8) is 0 Å². The molecule has 0 amide bonds. The third-order valence-electron chi connectivity index (χ3n) is 5.10. The molecule has 28 heavy (non-hydrogen) atoms. The van der Waals surface area contributed by atoms with Crippen molar-refractivity contribution in [3.8, 4) is 11.4 Å². The molecule has 1 N–H and O–H groups in total. The van der Waals surface area contributed by atoms with Crippen LogP contribution in [0.1, 0.15) is 0 Å². The Morgan fingerprint density at radius 2 is 1.75 bits per heavy atom. The van der Waals surface area contributed by atoms with Crippen molar-refractivity contribution in [1.82, 2.24) is 14.9 Å². The van der Waals surface area contributed by atoms with Gasteiger partial charge in [0, 0.05) is 43.7 Å². The second-order valence-corrected chi connectivity index (χ2v) is 9.16. The highest BCUT2D eigenvalue weighted by molar-refractivity contribution is 7.90. The number of H-pyrrole nitrogens is 1. The van der Waals surface area contributed by atoms with Gasteiger partial charge in [0.2, 0.25) is 0 Å². The van der Waals surface area contributed by atoms with E-state index in [1.54, 1.807) is 36.4 Å². The third kappa shape index (κ3) is 3.53. The van der Waals surface area contributed by atoms with Gasteiger partial charge in [-0.1, -0.05) is 12.1 Å². The van der Waals surface area contributed by atoms with Crippen LogP contribution in [0.3, 0.4) is 0 Å². The highest BCUT2D eigenvalue weighted by Crippen LogP contribution is 2.30. The normalized spacial score (nSPS) is 15.9. The SMILES string of the molecule is CN1CCN(c2ccc(-c3nc4ccccc4c(=O)[nH]3)c(S(C)(=O)=O)c2)CC1. The Morgan fingerprint density at radius 1 is 1.04 bits per heavy atom. The lowest BCUT2D eigenvalue weighted by atomic mass is 10.1. The van der Waals surface area contributed by atoms with E-state index in [0.717, 1.165) is 31.9 Å². The fourth-order valence-corrected chi connectivity index (χ4v) is 4.39. The number of likely N-dealkylation sites (N-methyl/N-ethyl adjacent to an activating group) is 1. The molecule has 2 aromatic carbocycles. The Morgan fingerprint density at radius 3 is 2.46 bits per heavy atom. The zero-order chi connectivity index (χ0) is 19.9. The van der Waals surface area contributed by atoms with E-state index in [1.807, 2.05) is 6.07 Å². The van der Waals surface area contributed by atoms with Gasteiger partial charge in [0.05, 0.1) is 15.8 Å². The Labute approximate surface area is 163 Å². The van der Waals surface area contributed by atoms with E-state index in [-0.39, 0.29) is 16.3 Å². The summed E-state index contributed by atoms with van der Waals surface area (Å²) < 4.78 is 25.0. The number of para-hydroxylation sites is 1. The second-order valence-electron chi connectivity index (χ2n) is 7.17. The topological polar surface area (TPSA) is 86.4 Å². The molecule has 0 radical (unpaired) electrons. The van der Waals surface area contributed by atoms with E-state index in [9.17, 15) is 13.2 Å². The maximum atomic E-state index is 12.5. The molecule has 0 atom stereocenters. The monoisotopic (exact) mass is 398 g/mol. The largest absolute Gasteiger partial charge is 0.369 e. The minimum absolute atomic E-state index is 0.169. The molecular weight excluding hydrogens is 376 g/mol. The summed E-state index contributed by atoms with van der Waals surface area (Å²) in [5.41, 5.74) is 1.51. The number of hydrogen-bond acceptors (Lipinski definition) is 6. The predicted octanol–water partition coefficient (Wildman–Crippen LogP) is 1.75. The molecule has 2 heterocycles. The van der Waals surface area contributed by atoms with Crippen molar-refractivity contribution in [2.45, 2.75) is 4.90 Å². The minimum atomic E-state index is -3.52. The van der Waals surface area contributed by atoms with Gasteiger partial charge in [0.1, 0.15) is 5.82 Å². The Balaban J connectivity index is 1.84. The van der Waals surface area contributed by atoms with Gasteiger partial charge in [-0.15, -0.1) is 0 Å². The molecule has 0 saturated carbocycles. The number of fused-ring (bicyclic) bond motifs is 1. The summed E-state index contributed by atoms with van der Waals surface area (Å²) in [6.07, 6.45) is 1.18. The fraction of sp³-hybridized carbons (Fsp3) is 0.300. The Hall–Kier alpha value is -2.71. The number of hydrogen-bond donors (Lipinski definition) is 1. The zero-order valence-corrected chi connectivity index (χ0v) is 16.7. The molecule has 1 aromatic heterocycles. The molecule has 0 bridgehead atoms. The van der Waals surface area contributed by atoms with Crippen LogP contribution in [0.4, 0.5) is 5.69 Å². The molecule has 4 rings (SSSR count). The van der Waals surface area contributed by atoms with E-state index in [4.69, 9.17) is 0 Å². The molecule has 1 aliphatic heterocycles. The van der Waals surface area contributed by atoms with E-state index in [2.05, 4.69) is 26.8 Å². The first kappa shape index (κ1) is 18.6. The van der Waals surface area contributed by atoms with Gasteiger partial charge >= 0.3 is 0 Å². The highest BCUT2D eigenvalue weighted by Gasteiger charge is 2.21. The molecule has 1 aliphatic rings. The lowest BCUT2D eigenvalue weighted by molar-refractivity contribution is 0.313. The average molecular weight is 398 g/mol. The number of sulfone groups is 1. The summed E-state index contributed by atoms with van der Waals surface area (Å²) in [4.78, 5) is 24.2. The molecule has 0 unspecified atom stereocenters. The Kier molecular flexibility index (Phi) is 4.68. The standard InChI is InChI=1S/C20H22N4O3S/c1-23-9-11-24(12-10-23)14-7-8-16(18(13-14)28(2,26)27)19-21-17-6-4-3-5-15(17)20(25)22-19/h3-8,13H,9-12H2,1-2H3,(H,21,22,25). The lowest BCUT2D eigenvalue weighted by Gasteiger charge is -2.34. The number of nitrogens with one attached hydrogen (secondary N) is 1. The number of aromatic nitrogens is 2. The molecule has 146 valence electrons. The Bertz CT molecular complexity index is 1200. The van der Waals surface area contributed by atoms with Gasteiger partial charge in [-0.3, -0.25) is 4.79 Å². The molecule has 1 saturated heterocycles. The van der Waals surface area contributed by atoms with Crippen molar-refractivity contribution in [2.24, 2.45) is 0 Å². The summed E-state index contributed by atoms with van der Waals surface area (Å²) in [5.74, 6) is 0.258. The zero-order valence-electron chi connectivity index (χ0n) is 15.8. The van der Waals surface area contributed by atoms with E-state index >= 15 is 0 Å². The van der Waals surface area contributed by atoms with Crippen LogP contribution < -0.4 is 10.5 Å². The van der Waals surface area contributed by atoms with Crippen LogP contribution in [0.15, 0.2) is 52.2 Å². The van der Waals surface area contributed by atoms with Gasteiger partial charge in [0.25, 0.3) is 5.56 Å². The molecule has 7 nitrogen and oxygen atoms in total. The van der Waals surface area contributed by atoms with Gasteiger partial charge in [0.15, 0.2) is 9.84 Å². The number of benzene rings is 2. The summed E-state index contributed by atoms with van der Waals surface area (Å²) in [6, 6.07) is 12.3. The molecule has 1 fully saturated rings. The molecule has 0 spiro atoms. The first-order valence-corrected chi connectivity index (χ1v) is 11.0. The van der Waals surface area contributed by atoms with Crippen LogP contribution >= 0.6 is 0 Å². The number of nitrogens with zero attached hydrogens (tertiary/aromatic N) is 3. The minimum Gasteiger partial charge on any atom is -0.369 e. The molecule has 8 heteroatoms. The number of piperazine rings is 1. The number of anilines is 1. The average Bonchev–Trinajstić information content (AvgIpc) is 2.67. The van der Waals surface area contributed by atoms with E-state index in [0.29, 0.717) is 16.5 Å². The first-order valence-electron chi connectivity index (χ1n) is 9.10. The van der Waals surface area contributed by atoms with Crippen LogP contribution in [-0.4, -0.2) is 62.8 Å². The lowest BCUT2D eigenvalue weighted by Crippen LogP contribution is -2.44. The number of rotatable bonds is 3. The number of aromatic amines is 1. The van der Waals surface area contributed by atoms with E-state index in [1.165, 1.54) is 6.26 Å². The molecule has 3 aromatic rings. The maximum absolute atomic E-state index is 12.5. The summed E-state index contributed by atoms with van der Waals surface area (Å²) in [5, 5.41) is 0.473. The van der Waals surface area contributed by atoms with Crippen LogP contribution in [0.2, 0.25) is 0 Å². The third-order valence-corrected chi connectivity index (χ3v) is 6.24. The summed E-state index contributed by atoms with van der Waals surface area (Å²) >= 11 is 0. The van der Waals surface area contributed by atoms with Gasteiger partial charge in [-0.05, 0) is 37.4 Å². The quantitative estimate of drug-likeness (QED) is 0.723. The smallest absolute Gasteiger partial charge is 0.259 e. The van der Waals surface area contributed by atoms with Gasteiger partial charge in [-0.2, -0.15) is 0 Å². The summed E-state index contributed by atoms with van der Waals surface area (Å²) in [7, 11) is -1.45. The summed E-state index contributed by atoms with van der Waals surface area (Å²) in [6.45, 7) is 3.53. The highest BCUT2D eigenvalue weighted by atomic mass is 32.2. The van der Waals surface area contributed by atoms with Crippen molar-refractivity contribution in [1.29, 1.82) is 0 Å². The predicted molar refractivity (Wildman–Crippen MR) is 111 cm³/mol. The van der Waals surface area contributed by atoms with Crippen molar-refractivity contribution >= 4 is 26.4 Å². The van der Waals surface area contributed by atoms with Gasteiger partial charge in [-0.25, -0.2) is 13.4 Å². The van der Waals surface area contributed by atoms with Gasteiger partial charge < -0.3 is 14.8 Å². The van der Waals surface area contributed by atoms with Crippen LogP contribution in [0.25, 0.3) is 22.3 Å². The second kappa shape index (κ2) is 7.03. The van der Waals surface area contributed by atoms with Crippen LogP contribution in [-0.2, 0) is 9.84 Å². The van der Waals surface area contributed by atoms with Crippen LogP contribution in [0.5, 0.6) is 0 Å². The fourth-order valence-electron chi connectivity index (χ4n) is 3.49.